The van der Waals surface area contributed by atoms with Crippen molar-refractivity contribution in [2.45, 2.75) is 40.5 Å². The first-order valence-corrected chi connectivity index (χ1v) is 8.77. The fraction of sp³-hybridized carbons (Fsp3) is 0.786. The predicted molar refractivity (Wildman–Crippen MR) is 79.8 cm³/mol. The third-order valence-corrected chi connectivity index (χ3v) is 5.59. The van der Waals surface area contributed by atoms with E-state index in [1.165, 1.54) is 0 Å². The summed E-state index contributed by atoms with van der Waals surface area (Å²) in [6.07, 6.45) is 0.689. The van der Waals surface area contributed by atoms with E-state index in [0.29, 0.717) is 30.9 Å². The zero-order valence-corrected chi connectivity index (χ0v) is 13.2. The van der Waals surface area contributed by atoms with E-state index < -0.39 is 20.4 Å². The molecule has 0 spiro atoms. The summed E-state index contributed by atoms with van der Waals surface area (Å²) in [5, 5.41) is 2.76. The fourth-order valence-electron chi connectivity index (χ4n) is 2.55. The highest BCUT2D eigenvalue weighted by Crippen LogP contribution is 2.39. The highest BCUT2D eigenvalue weighted by Gasteiger charge is 2.51. The number of rotatable bonds is 3. The van der Waals surface area contributed by atoms with Crippen molar-refractivity contribution in [1.82, 2.24) is 5.32 Å². The van der Waals surface area contributed by atoms with Gasteiger partial charge in [-0.1, -0.05) is 20.8 Å². The molecule has 1 saturated heterocycles. The Morgan fingerprint density at radius 3 is 2.11 bits per heavy atom. The second kappa shape index (κ2) is 5.27. The van der Waals surface area contributed by atoms with Gasteiger partial charge in [-0.2, -0.15) is 0 Å². The van der Waals surface area contributed by atoms with E-state index in [0.717, 1.165) is 0 Å². The lowest BCUT2D eigenvalue weighted by atomic mass is 9.68. The van der Waals surface area contributed by atoms with Gasteiger partial charge in [0.25, 0.3) is 0 Å². The number of Topliss-reactive ketones (excluding diaryl/α,β-unsaturated/α-hetero) is 1. The molecule has 1 heterocycles. The van der Waals surface area contributed by atoms with Gasteiger partial charge in [-0.15, -0.1) is 0 Å². The summed E-state index contributed by atoms with van der Waals surface area (Å²) in [7, 11) is -2.11. The normalized spacial score (nSPS) is 31.8. The van der Waals surface area contributed by atoms with Crippen LogP contribution in [0.25, 0.3) is 0 Å². The summed E-state index contributed by atoms with van der Waals surface area (Å²) in [6, 6.07) is 0. The molecule has 1 aliphatic rings. The molecule has 0 bridgehead atoms. The Labute approximate surface area is 116 Å². The Bertz CT molecular complexity index is 457. The maximum atomic E-state index is 12.7. The minimum Gasteiger partial charge on any atom is -0.356 e. The van der Waals surface area contributed by atoms with Gasteiger partial charge in [-0.3, -0.25) is 13.8 Å². The van der Waals surface area contributed by atoms with Crippen molar-refractivity contribution in [2.75, 3.05) is 18.1 Å². The van der Waals surface area contributed by atoms with Crippen molar-refractivity contribution in [1.29, 1.82) is 0 Å². The lowest BCUT2D eigenvalue weighted by Gasteiger charge is -2.39. The van der Waals surface area contributed by atoms with Crippen LogP contribution >= 0.6 is 0 Å². The molecule has 1 amide bonds. The van der Waals surface area contributed by atoms with Crippen LogP contribution < -0.4 is 5.32 Å². The highest BCUT2D eigenvalue weighted by molar-refractivity contribution is 8.00. The zero-order valence-electron chi connectivity index (χ0n) is 12.4. The van der Waals surface area contributed by atoms with Gasteiger partial charge < -0.3 is 5.32 Å². The SMILES string of the molecule is C=S1(=O)CCC(C(=O)NCC)(C(=O)C(C)(C)C)CC1. The molecule has 0 aliphatic carbocycles. The number of hydrogen-bond donors (Lipinski definition) is 1. The lowest BCUT2D eigenvalue weighted by Crippen LogP contribution is -2.54. The van der Waals surface area contributed by atoms with Crippen LogP contribution in [0.15, 0.2) is 0 Å². The molecule has 0 aromatic rings. The van der Waals surface area contributed by atoms with E-state index in [1.54, 1.807) is 0 Å². The van der Waals surface area contributed by atoms with Crippen molar-refractivity contribution < 1.29 is 13.8 Å². The average molecular weight is 287 g/mol. The Balaban J connectivity index is 3.13. The van der Waals surface area contributed by atoms with Crippen molar-refractivity contribution in [2.24, 2.45) is 10.8 Å². The molecule has 0 saturated carbocycles. The molecule has 1 rings (SSSR count). The smallest absolute Gasteiger partial charge is 0.233 e. The first kappa shape index (κ1) is 16.2. The minimum absolute atomic E-state index is 0.0548. The molecule has 1 fully saturated rings. The van der Waals surface area contributed by atoms with Gasteiger partial charge in [0.05, 0.1) is 0 Å². The largest absolute Gasteiger partial charge is 0.356 e. The first-order valence-electron chi connectivity index (χ1n) is 6.71. The Morgan fingerprint density at radius 1 is 1.26 bits per heavy atom. The van der Waals surface area contributed by atoms with Crippen LogP contribution in [0.4, 0.5) is 0 Å². The summed E-state index contributed by atoms with van der Waals surface area (Å²) >= 11 is 0. The Morgan fingerprint density at radius 2 is 1.74 bits per heavy atom. The molecule has 0 radical (unpaired) electrons. The molecule has 5 heteroatoms. The molecule has 1 aliphatic heterocycles. The second-order valence-electron chi connectivity index (χ2n) is 6.39. The van der Waals surface area contributed by atoms with Crippen molar-refractivity contribution >= 4 is 27.1 Å². The van der Waals surface area contributed by atoms with Gasteiger partial charge in [-0.05, 0) is 35.2 Å². The Kier molecular flexibility index (Phi) is 4.50. The van der Waals surface area contributed by atoms with Gasteiger partial charge in [0.1, 0.15) is 5.41 Å². The molecule has 4 nitrogen and oxygen atoms in total. The van der Waals surface area contributed by atoms with Crippen LogP contribution in [0.3, 0.4) is 0 Å². The van der Waals surface area contributed by atoms with Crippen LogP contribution in [-0.2, 0) is 19.1 Å². The molecule has 0 aromatic heterocycles. The van der Waals surface area contributed by atoms with Crippen LogP contribution in [0.5, 0.6) is 0 Å². The second-order valence-corrected chi connectivity index (χ2v) is 9.14. The van der Waals surface area contributed by atoms with E-state index in [-0.39, 0.29) is 11.7 Å². The maximum absolute atomic E-state index is 12.7. The number of carbonyl (C=O) groups excluding carboxylic acids is 2. The average Bonchev–Trinajstić information content (AvgIpc) is 2.28. The van der Waals surface area contributed by atoms with Gasteiger partial charge in [0, 0.05) is 23.5 Å². The standard InChI is InChI=1S/C14H25NO3S/c1-6-15-12(17)14(11(16)13(2,3)4)7-9-19(5,18)10-8-14/h5-10H2,1-4H3,(H,15,17). The van der Waals surface area contributed by atoms with Gasteiger partial charge in [0.2, 0.25) is 5.91 Å². The quantitative estimate of drug-likeness (QED) is 0.627. The molecule has 110 valence electrons. The van der Waals surface area contributed by atoms with Crippen molar-refractivity contribution in [3.05, 3.63) is 0 Å². The maximum Gasteiger partial charge on any atom is 0.233 e. The molecular weight excluding hydrogens is 262 g/mol. The zero-order chi connectivity index (χ0) is 14.9. The number of nitrogens with one attached hydrogen (secondary N) is 1. The predicted octanol–water partition coefficient (Wildman–Crippen LogP) is 1.23. The van der Waals surface area contributed by atoms with Gasteiger partial charge in [-0.25, -0.2) is 0 Å². The lowest BCUT2D eigenvalue weighted by molar-refractivity contribution is -0.147. The summed E-state index contributed by atoms with van der Waals surface area (Å²) in [6.45, 7) is 7.81. The van der Waals surface area contributed by atoms with Crippen LogP contribution in [0.2, 0.25) is 0 Å². The molecule has 0 aromatic carbocycles. The summed E-state index contributed by atoms with van der Waals surface area (Å²) < 4.78 is 12.0. The topological polar surface area (TPSA) is 63.2 Å². The number of ketones is 1. The molecule has 0 atom stereocenters. The van der Waals surface area contributed by atoms with Crippen LogP contribution in [0.1, 0.15) is 40.5 Å². The monoisotopic (exact) mass is 287 g/mol. The van der Waals surface area contributed by atoms with Gasteiger partial charge in [0.15, 0.2) is 5.78 Å². The highest BCUT2D eigenvalue weighted by atomic mass is 32.2. The Hall–Kier alpha value is -0.840. The number of hydrogen-bond acceptors (Lipinski definition) is 3. The summed E-state index contributed by atoms with van der Waals surface area (Å²) in [5.74, 6) is 4.14. The van der Waals surface area contributed by atoms with E-state index in [4.69, 9.17) is 0 Å². The number of carbonyl (C=O) groups is 2. The fourth-order valence-corrected chi connectivity index (χ4v) is 4.20. The molecule has 1 N–H and O–H groups in total. The minimum atomic E-state index is -2.11. The third-order valence-electron chi connectivity index (χ3n) is 3.69. The molecule has 0 unspecified atom stereocenters. The number of amides is 1. The molecule has 19 heavy (non-hydrogen) atoms. The first-order chi connectivity index (χ1) is 8.55. The van der Waals surface area contributed by atoms with E-state index in [9.17, 15) is 13.8 Å². The van der Waals surface area contributed by atoms with Crippen molar-refractivity contribution in [3.63, 3.8) is 0 Å². The van der Waals surface area contributed by atoms with Crippen molar-refractivity contribution in [3.8, 4) is 0 Å². The van der Waals surface area contributed by atoms with E-state index >= 15 is 0 Å². The van der Waals surface area contributed by atoms with Gasteiger partial charge >= 0.3 is 0 Å². The van der Waals surface area contributed by atoms with E-state index in [2.05, 4.69) is 11.2 Å². The molecular formula is C14H25NO3S. The van der Waals surface area contributed by atoms with E-state index in [1.807, 2.05) is 27.7 Å². The summed E-state index contributed by atoms with van der Waals surface area (Å²) in [5.41, 5.74) is -1.60. The summed E-state index contributed by atoms with van der Waals surface area (Å²) in [4.78, 5) is 25.1. The van der Waals surface area contributed by atoms with Crippen LogP contribution in [-0.4, -0.2) is 39.8 Å². The third kappa shape index (κ3) is 3.38. The van der Waals surface area contributed by atoms with Crippen LogP contribution in [0, 0.1) is 10.8 Å².